The monoisotopic (exact) mass is 379 g/mol. The minimum Gasteiger partial charge on any atom is -0.345 e. The van der Waals surface area contributed by atoms with Gasteiger partial charge in [-0.2, -0.15) is 5.10 Å². The molecular formula is C20H18ClN5O. The molecule has 136 valence electrons. The lowest BCUT2D eigenvalue weighted by atomic mass is 10.2. The lowest BCUT2D eigenvalue weighted by molar-refractivity contribution is 0.0949. The van der Waals surface area contributed by atoms with Gasteiger partial charge in [0.1, 0.15) is 5.82 Å². The van der Waals surface area contributed by atoms with Gasteiger partial charge in [-0.15, -0.1) is 0 Å². The number of fused-ring (bicyclic) bond motifs is 1. The average molecular weight is 380 g/mol. The second kappa shape index (κ2) is 6.89. The first-order chi connectivity index (χ1) is 13.0. The van der Waals surface area contributed by atoms with E-state index in [-0.39, 0.29) is 5.91 Å². The van der Waals surface area contributed by atoms with Crippen molar-refractivity contribution in [2.75, 3.05) is 0 Å². The van der Waals surface area contributed by atoms with E-state index in [0.29, 0.717) is 17.1 Å². The van der Waals surface area contributed by atoms with Gasteiger partial charge in [0.05, 0.1) is 40.7 Å². The number of aryl methyl sites for hydroxylation is 1. The Bertz CT molecular complexity index is 1140. The number of aromatic nitrogens is 4. The zero-order valence-corrected chi connectivity index (χ0v) is 15.7. The summed E-state index contributed by atoms with van der Waals surface area (Å²) in [6.45, 7) is 2.20. The molecule has 0 saturated heterocycles. The molecule has 0 aliphatic rings. The fourth-order valence-corrected chi connectivity index (χ4v) is 3.29. The molecule has 0 bridgehead atoms. The van der Waals surface area contributed by atoms with Crippen LogP contribution in [-0.2, 0) is 13.6 Å². The fraction of sp³-hybridized carbons (Fsp3) is 0.150. The van der Waals surface area contributed by atoms with Crippen LogP contribution in [0.4, 0.5) is 0 Å². The standard InChI is InChI=1S/C20H18ClN5O/c1-13-16(11-23-26(13)15-7-5-6-14(21)10-15)20(27)22-12-19-24-17-8-3-4-9-18(17)25(19)2/h3-11H,12H2,1-2H3,(H,22,27). The molecule has 6 nitrogen and oxygen atoms in total. The molecule has 1 amide bonds. The number of nitrogens with one attached hydrogen (secondary N) is 1. The van der Waals surface area contributed by atoms with Crippen LogP contribution in [0.3, 0.4) is 0 Å². The van der Waals surface area contributed by atoms with Gasteiger partial charge in [-0.3, -0.25) is 4.79 Å². The predicted octanol–water partition coefficient (Wildman–Crippen LogP) is 3.65. The second-order valence-corrected chi connectivity index (χ2v) is 6.73. The number of hydrogen-bond acceptors (Lipinski definition) is 3. The van der Waals surface area contributed by atoms with Gasteiger partial charge >= 0.3 is 0 Å². The van der Waals surface area contributed by atoms with Crippen LogP contribution in [0.25, 0.3) is 16.7 Å². The molecule has 2 aromatic carbocycles. The molecule has 2 aromatic heterocycles. The maximum absolute atomic E-state index is 12.6. The van der Waals surface area contributed by atoms with Crippen molar-refractivity contribution in [3.8, 4) is 5.69 Å². The third-order valence-corrected chi connectivity index (χ3v) is 4.83. The van der Waals surface area contributed by atoms with E-state index in [0.717, 1.165) is 28.2 Å². The Balaban J connectivity index is 1.54. The van der Waals surface area contributed by atoms with Gasteiger partial charge in [-0.1, -0.05) is 29.8 Å². The Kier molecular flexibility index (Phi) is 4.41. The van der Waals surface area contributed by atoms with Gasteiger partial charge in [0.15, 0.2) is 0 Å². The summed E-state index contributed by atoms with van der Waals surface area (Å²) in [6, 6.07) is 15.2. The third kappa shape index (κ3) is 3.19. The zero-order chi connectivity index (χ0) is 19.0. The summed E-state index contributed by atoms with van der Waals surface area (Å²) in [5.41, 5.74) is 4.03. The van der Waals surface area contributed by atoms with Crippen LogP contribution in [0, 0.1) is 6.92 Å². The summed E-state index contributed by atoms with van der Waals surface area (Å²) in [5.74, 6) is 0.609. The highest BCUT2D eigenvalue weighted by atomic mass is 35.5. The summed E-state index contributed by atoms with van der Waals surface area (Å²) in [7, 11) is 1.94. The van der Waals surface area contributed by atoms with E-state index >= 15 is 0 Å². The molecule has 0 aliphatic carbocycles. The molecule has 0 spiro atoms. The van der Waals surface area contributed by atoms with E-state index in [1.807, 2.05) is 61.0 Å². The molecule has 27 heavy (non-hydrogen) atoms. The normalized spacial score (nSPS) is 11.1. The van der Waals surface area contributed by atoms with Crippen LogP contribution in [0.15, 0.2) is 54.7 Å². The molecule has 1 N–H and O–H groups in total. The molecule has 4 aromatic rings. The van der Waals surface area contributed by atoms with Crippen molar-refractivity contribution in [2.24, 2.45) is 7.05 Å². The van der Waals surface area contributed by atoms with Gasteiger partial charge in [0.2, 0.25) is 0 Å². The molecular weight excluding hydrogens is 362 g/mol. The number of nitrogens with zero attached hydrogens (tertiary/aromatic N) is 4. The first-order valence-electron chi connectivity index (χ1n) is 8.53. The average Bonchev–Trinajstić information content (AvgIpc) is 3.20. The van der Waals surface area contributed by atoms with E-state index < -0.39 is 0 Å². The first kappa shape index (κ1) is 17.3. The highest BCUT2D eigenvalue weighted by Crippen LogP contribution is 2.18. The molecule has 0 aliphatic heterocycles. The number of halogens is 1. The molecule has 0 fully saturated rings. The van der Waals surface area contributed by atoms with E-state index in [4.69, 9.17) is 11.6 Å². The maximum atomic E-state index is 12.6. The highest BCUT2D eigenvalue weighted by Gasteiger charge is 2.16. The number of rotatable bonds is 4. The minimum atomic E-state index is -0.187. The Labute approximate surface area is 161 Å². The highest BCUT2D eigenvalue weighted by molar-refractivity contribution is 6.30. The van der Waals surface area contributed by atoms with Crippen molar-refractivity contribution >= 4 is 28.5 Å². The molecule has 0 saturated carbocycles. The summed E-state index contributed by atoms with van der Waals surface area (Å²) in [4.78, 5) is 17.2. The topological polar surface area (TPSA) is 64.7 Å². The van der Waals surface area contributed by atoms with Crippen LogP contribution in [0.5, 0.6) is 0 Å². The Hall–Kier alpha value is -3.12. The molecule has 2 heterocycles. The minimum absolute atomic E-state index is 0.187. The van der Waals surface area contributed by atoms with E-state index in [2.05, 4.69) is 15.4 Å². The number of carbonyl (C=O) groups is 1. The molecule has 0 radical (unpaired) electrons. The van der Waals surface area contributed by atoms with Crippen molar-refractivity contribution in [3.63, 3.8) is 0 Å². The quantitative estimate of drug-likeness (QED) is 0.588. The lowest BCUT2D eigenvalue weighted by Crippen LogP contribution is -2.24. The van der Waals surface area contributed by atoms with E-state index in [9.17, 15) is 4.79 Å². The van der Waals surface area contributed by atoms with Crippen molar-refractivity contribution in [3.05, 3.63) is 76.8 Å². The number of hydrogen-bond donors (Lipinski definition) is 1. The third-order valence-electron chi connectivity index (χ3n) is 4.59. The second-order valence-electron chi connectivity index (χ2n) is 6.29. The number of imidazole rings is 1. The molecule has 7 heteroatoms. The Morgan fingerprint density at radius 3 is 2.78 bits per heavy atom. The van der Waals surface area contributed by atoms with Crippen LogP contribution < -0.4 is 5.32 Å². The number of amides is 1. The molecule has 0 unspecified atom stereocenters. The smallest absolute Gasteiger partial charge is 0.255 e. The van der Waals surface area contributed by atoms with Gasteiger partial charge < -0.3 is 9.88 Å². The summed E-state index contributed by atoms with van der Waals surface area (Å²) in [6.07, 6.45) is 1.57. The Morgan fingerprint density at radius 1 is 1.19 bits per heavy atom. The largest absolute Gasteiger partial charge is 0.345 e. The summed E-state index contributed by atoms with van der Waals surface area (Å²) in [5, 5.41) is 7.88. The van der Waals surface area contributed by atoms with Crippen molar-refractivity contribution in [2.45, 2.75) is 13.5 Å². The van der Waals surface area contributed by atoms with Crippen molar-refractivity contribution in [1.82, 2.24) is 24.6 Å². The molecule has 4 rings (SSSR count). The van der Waals surface area contributed by atoms with Gasteiger partial charge in [0, 0.05) is 12.1 Å². The van der Waals surface area contributed by atoms with Crippen molar-refractivity contribution in [1.29, 1.82) is 0 Å². The molecule has 0 atom stereocenters. The van der Waals surface area contributed by atoms with E-state index in [1.54, 1.807) is 16.9 Å². The van der Waals surface area contributed by atoms with Gasteiger partial charge in [-0.25, -0.2) is 9.67 Å². The van der Waals surface area contributed by atoms with Crippen LogP contribution in [0.1, 0.15) is 21.9 Å². The SMILES string of the molecule is Cc1c(C(=O)NCc2nc3ccccc3n2C)cnn1-c1cccc(Cl)c1. The summed E-state index contributed by atoms with van der Waals surface area (Å²) < 4.78 is 3.69. The zero-order valence-electron chi connectivity index (χ0n) is 15.0. The lowest BCUT2D eigenvalue weighted by Gasteiger charge is -2.07. The van der Waals surface area contributed by atoms with Crippen LogP contribution >= 0.6 is 11.6 Å². The number of para-hydroxylation sites is 2. The Morgan fingerprint density at radius 2 is 2.00 bits per heavy atom. The van der Waals surface area contributed by atoms with Gasteiger partial charge in [0.25, 0.3) is 5.91 Å². The fourth-order valence-electron chi connectivity index (χ4n) is 3.11. The predicted molar refractivity (Wildman–Crippen MR) is 105 cm³/mol. The maximum Gasteiger partial charge on any atom is 0.255 e. The van der Waals surface area contributed by atoms with E-state index in [1.165, 1.54) is 0 Å². The van der Waals surface area contributed by atoms with Gasteiger partial charge in [-0.05, 0) is 37.3 Å². The van der Waals surface area contributed by atoms with Crippen molar-refractivity contribution < 1.29 is 4.79 Å². The van der Waals surface area contributed by atoms with Crippen LogP contribution in [-0.4, -0.2) is 25.2 Å². The van der Waals surface area contributed by atoms with Crippen LogP contribution in [0.2, 0.25) is 5.02 Å². The number of benzene rings is 2. The summed E-state index contributed by atoms with van der Waals surface area (Å²) >= 11 is 6.05. The first-order valence-corrected chi connectivity index (χ1v) is 8.91. The number of carbonyl (C=O) groups excluding carboxylic acids is 1.